The third-order valence-corrected chi connectivity index (χ3v) is 2.64. The van der Waals surface area contributed by atoms with Gasteiger partial charge in [0, 0.05) is 6.04 Å². The summed E-state index contributed by atoms with van der Waals surface area (Å²) in [6.45, 7) is 0. The molecule has 0 heterocycles. The average Bonchev–Trinajstić information content (AvgIpc) is 2.58. The van der Waals surface area contributed by atoms with E-state index in [0.29, 0.717) is 11.1 Å². The molecule has 14 heavy (non-hydrogen) atoms. The van der Waals surface area contributed by atoms with Gasteiger partial charge in [0.25, 0.3) is 0 Å². The predicted octanol–water partition coefficient (Wildman–Crippen LogP) is 1.38. The summed E-state index contributed by atoms with van der Waals surface area (Å²) in [5, 5.41) is 17.6. The van der Waals surface area contributed by atoms with Gasteiger partial charge in [-0.1, -0.05) is 0 Å². The standard InChI is InChI=1S/C11H9N3/c12-5-8-3-7-1-2-11(14)10(7)4-9(8)6-13/h3-4,11H,1-2,14H2/t11-/m1/s1. The number of nitrogens with zero attached hydrogens (tertiary/aromatic N) is 2. The molecule has 0 radical (unpaired) electrons. The van der Waals surface area contributed by atoms with E-state index in [2.05, 4.69) is 0 Å². The number of nitrogens with two attached hydrogens (primary N) is 1. The Hall–Kier alpha value is -1.84. The van der Waals surface area contributed by atoms with Gasteiger partial charge in [-0.15, -0.1) is 0 Å². The summed E-state index contributed by atoms with van der Waals surface area (Å²) in [5.41, 5.74) is 8.91. The maximum absolute atomic E-state index is 8.83. The predicted molar refractivity (Wildman–Crippen MR) is 51.1 cm³/mol. The lowest BCUT2D eigenvalue weighted by molar-refractivity contribution is 0.713. The van der Waals surface area contributed by atoms with Crippen LogP contribution in [0, 0.1) is 22.7 Å². The van der Waals surface area contributed by atoms with Crippen LogP contribution < -0.4 is 5.73 Å². The van der Waals surface area contributed by atoms with Gasteiger partial charge >= 0.3 is 0 Å². The quantitative estimate of drug-likeness (QED) is 0.660. The topological polar surface area (TPSA) is 73.6 Å². The number of fused-ring (bicyclic) bond motifs is 1. The SMILES string of the molecule is N#Cc1cc2c(cc1C#N)[C@H](N)CC2. The van der Waals surface area contributed by atoms with Crippen molar-refractivity contribution < 1.29 is 0 Å². The van der Waals surface area contributed by atoms with E-state index in [0.717, 1.165) is 24.0 Å². The maximum Gasteiger partial charge on any atom is 0.101 e. The van der Waals surface area contributed by atoms with Crippen molar-refractivity contribution in [3.63, 3.8) is 0 Å². The van der Waals surface area contributed by atoms with Crippen molar-refractivity contribution in [1.29, 1.82) is 10.5 Å². The van der Waals surface area contributed by atoms with E-state index in [1.165, 1.54) is 0 Å². The van der Waals surface area contributed by atoms with Crippen molar-refractivity contribution in [2.75, 3.05) is 0 Å². The van der Waals surface area contributed by atoms with Gasteiger partial charge in [0.2, 0.25) is 0 Å². The first-order valence-electron chi connectivity index (χ1n) is 4.49. The van der Waals surface area contributed by atoms with Gasteiger partial charge in [-0.2, -0.15) is 10.5 Å². The number of aryl methyl sites for hydroxylation is 1. The van der Waals surface area contributed by atoms with Crippen molar-refractivity contribution in [2.45, 2.75) is 18.9 Å². The van der Waals surface area contributed by atoms with Gasteiger partial charge in [0.05, 0.1) is 11.1 Å². The van der Waals surface area contributed by atoms with Gasteiger partial charge in [-0.05, 0) is 36.1 Å². The molecule has 1 atom stereocenters. The van der Waals surface area contributed by atoms with E-state index >= 15 is 0 Å². The van der Waals surface area contributed by atoms with E-state index in [-0.39, 0.29) is 6.04 Å². The lowest BCUT2D eigenvalue weighted by atomic mass is 10.0. The van der Waals surface area contributed by atoms with Crippen molar-refractivity contribution >= 4 is 0 Å². The summed E-state index contributed by atoms with van der Waals surface area (Å²) in [7, 11) is 0. The lowest BCUT2D eigenvalue weighted by Crippen LogP contribution is -2.05. The first-order valence-corrected chi connectivity index (χ1v) is 4.49. The highest BCUT2D eigenvalue weighted by atomic mass is 14.6. The van der Waals surface area contributed by atoms with Crippen LogP contribution in [-0.4, -0.2) is 0 Å². The molecule has 0 saturated heterocycles. The molecule has 2 rings (SSSR count). The van der Waals surface area contributed by atoms with E-state index < -0.39 is 0 Å². The Morgan fingerprint density at radius 3 is 2.50 bits per heavy atom. The first-order chi connectivity index (χ1) is 6.76. The molecule has 0 aliphatic heterocycles. The minimum absolute atomic E-state index is 0.0323. The van der Waals surface area contributed by atoms with Gasteiger partial charge in [-0.25, -0.2) is 0 Å². The highest BCUT2D eigenvalue weighted by molar-refractivity contribution is 5.52. The second kappa shape index (κ2) is 3.14. The summed E-state index contributed by atoms with van der Waals surface area (Å²) in [5.74, 6) is 0. The molecule has 1 aromatic rings. The summed E-state index contributed by atoms with van der Waals surface area (Å²) in [6.07, 6.45) is 1.83. The van der Waals surface area contributed by atoms with Crippen LogP contribution in [0.3, 0.4) is 0 Å². The third kappa shape index (κ3) is 1.16. The smallest absolute Gasteiger partial charge is 0.101 e. The number of nitriles is 2. The van der Waals surface area contributed by atoms with Crippen LogP contribution in [0.15, 0.2) is 12.1 Å². The van der Waals surface area contributed by atoms with Crippen LogP contribution in [0.4, 0.5) is 0 Å². The molecular weight excluding hydrogens is 174 g/mol. The van der Waals surface area contributed by atoms with Crippen LogP contribution in [0.25, 0.3) is 0 Å². The molecule has 68 valence electrons. The molecule has 1 aliphatic rings. The van der Waals surface area contributed by atoms with Crippen LogP contribution >= 0.6 is 0 Å². The molecule has 0 saturated carbocycles. The van der Waals surface area contributed by atoms with Crippen molar-refractivity contribution in [1.82, 2.24) is 0 Å². The zero-order valence-corrected chi connectivity index (χ0v) is 7.62. The molecule has 0 unspecified atom stereocenters. The number of rotatable bonds is 0. The van der Waals surface area contributed by atoms with Crippen molar-refractivity contribution in [3.8, 4) is 12.1 Å². The Labute approximate surface area is 82.4 Å². The summed E-state index contributed by atoms with van der Waals surface area (Å²) < 4.78 is 0. The number of hydrogen-bond donors (Lipinski definition) is 1. The Bertz CT molecular complexity index is 463. The molecule has 0 spiro atoms. The van der Waals surface area contributed by atoms with E-state index in [9.17, 15) is 0 Å². The zero-order valence-electron chi connectivity index (χ0n) is 7.62. The minimum atomic E-state index is 0.0323. The monoisotopic (exact) mass is 183 g/mol. The van der Waals surface area contributed by atoms with Gasteiger partial charge in [0.15, 0.2) is 0 Å². The largest absolute Gasteiger partial charge is 0.324 e. The number of benzene rings is 1. The fraction of sp³-hybridized carbons (Fsp3) is 0.273. The molecule has 0 bridgehead atoms. The second-order valence-corrected chi connectivity index (χ2v) is 3.47. The summed E-state index contributed by atoms with van der Waals surface area (Å²) in [6, 6.07) is 7.63. The normalized spacial score (nSPS) is 18.4. The van der Waals surface area contributed by atoms with Crippen LogP contribution in [0.2, 0.25) is 0 Å². The summed E-state index contributed by atoms with van der Waals surface area (Å²) in [4.78, 5) is 0. The minimum Gasteiger partial charge on any atom is -0.324 e. The molecule has 0 aromatic heterocycles. The highest BCUT2D eigenvalue weighted by Gasteiger charge is 2.20. The Morgan fingerprint density at radius 1 is 1.21 bits per heavy atom. The molecule has 0 fully saturated rings. The fourth-order valence-corrected chi connectivity index (χ4v) is 1.87. The van der Waals surface area contributed by atoms with Gasteiger partial charge in [-0.3, -0.25) is 0 Å². The highest BCUT2D eigenvalue weighted by Crippen LogP contribution is 2.31. The Balaban J connectivity index is 2.63. The third-order valence-electron chi connectivity index (χ3n) is 2.64. The van der Waals surface area contributed by atoms with Crippen LogP contribution in [0.1, 0.15) is 34.7 Å². The molecule has 2 N–H and O–H groups in total. The molecular formula is C11H9N3. The molecule has 1 aliphatic carbocycles. The van der Waals surface area contributed by atoms with Crippen molar-refractivity contribution in [3.05, 3.63) is 34.4 Å². The first kappa shape index (κ1) is 8.74. The van der Waals surface area contributed by atoms with Gasteiger partial charge in [0.1, 0.15) is 12.1 Å². The maximum atomic E-state index is 8.83. The molecule has 1 aromatic carbocycles. The lowest BCUT2D eigenvalue weighted by Gasteiger charge is -2.05. The van der Waals surface area contributed by atoms with E-state index in [1.807, 2.05) is 12.1 Å². The van der Waals surface area contributed by atoms with Crippen molar-refractivity contribution in [2.24, 2.45) is 5.73 Å². The Morgan fingerprint density at radius 2 is 1.86 bits per heavy atom. The number of hydrogen-bond acceptors (Lipinski definition) is 3. The van der Waals surface area contributed by atoms with E-state index in [1.54, 1.807) is 12.1 Å². The molecule has 3 heteroatoms. The van der Waals surface area contributed by atoms with Gasteiger partial charge < -0.3 is 5.73 Å². The fourth-order valence-electron chi connectivity index (χ4n) is 1.87. The van der Waals surface area contributed by atoms with E-state index in [4.69, 9.17) is 16.3 Å². The Kier molecular flexibility index (Phi) is 1.96. The summed E-state index contributed by atoms with van der Waals surface area (Å²) >= 11 is 0. The zero-order chi connectivity index (χ0) is 10.1. The van der Waals surface area contributed by atoms with Crippen LogP contribution in [-0.2, 0) is 6.42 Å². The van der Waals surface area contributed by atoms with Crippen LogP contribution in [0.5, 0.6) is 0 Å². The molecule has 0 amide bonds. The average molecular weight is 183 g/mol. The second-order valence-electron chi connectivity index (χ2n) is 3.47. The molecule has 3 nitrogen and oxygen atoms in total.